The van der Waals surface area contributed by atoms with Crippen molar-refractivity contribution in [3.63, 3.8) is 0 Å². The number of imidazole rings is 1. The summed E-state index contributed by atoms with van der Waals surface area (Å²) in [5, 5.41) is 4.74. The Morgan fingerprint density at radius 3 is 2.90 bits per heavy atom. The zero-order chi connectivity index (χ0) is 15.0. The normalized spacial score (nSPS) is 11.7. The van der Waals surface area contributed by atoms with Crippen LogP contribution < -0.4 is 10.0 Å². The number of fused-ring (bicyclic) bond motifs is 1. The first-order valence-corrected chi connectivity index (χ1v) is 9.37. The Balaban J connectivity index is 2.09. The molecule has 2 aromatic heterocycles. The molecular formula is C12H11IN4O2S2. The van der Waals surface area contributed by atoms with Gasteiger partial charge >= 0.3 is 0 Å². The van der Waals surface area contributed by atoms with Crippen molar-refractivity contribution < 1.29 is 8.42 Å². The SMILES string of the molecule is CNc1nc2sccn2c1S(=O)(=O)Nc1cccc(I)c1. The Morgan fingerprint density at radius 2 is 2.19 bits per heavy atom. The third kappa shape index (κ3) is 2.72. The third-order valence-electron chi connectivity index (χ3n) is 2.79. The van der Waals surface area contributed by atoms with Gasteiger partial charge in [0.25, 0.3) is 10.0 Å². The van der Waals surface area contributed by atoms with Crippen LogP contribution in [-0.2, 0) is 10.0 Å². The minimum atomic E-state index is -3.73. The highest BCUT2D eigenvalue weighted by molar-refractivity contribution is 14.1. The molecule has 110 valence electrons. The van der Waals surface area contributed by atoms with E-state index in [9.17, 15) is 8.42 Å². The van der Waals surface area contributed by atoms with Gasteiger partial charge in [-0.25, -0.2) is 4.98 Å². The highest BCUT2D eigenvalue weighted by atomic mass is 127. The van der Waals surface area contributed by atoms with Crippen molar-refractivity contribution in [1.82, 2.24) is 9.38 Å². The monoisotopic (exact) mass is 434 g/mol. The van der Waals surface area contributed by atoms with E-state index in [0.29, 0.717) is 16.5 Å². The molecule has 0 aliphatic rings. The molecule has 3 rings (SSSR count). The number of halogens is 1. The van der Waals surface area contributed by atoms with Gasteiger partial charge < -0.3 is 5.32 Å². The number of benzene rings is 1. The van der Waals surface area contributed by atoms with Crippen molar-refractivity contribution in [2.24, 2.45) is 0 Å². The third-order valence-corrected chi connectivity index (χ3v) is 5.62. The summed E-state index contributed by atoms with van der Waals surface area (Å²) in [4.78, 5) is 4.89. The first kappa shape index (κ1) is 14.6. The number of hydrogen-bond acceptors (Lipinski definition) is 5. The number of nitrogens with zero attached hydrogens (tertiary/aromatic N) is 2. The van der Waals surface area contributed by atoms with E-state index in [2.05, 4.69) is 37.6 Å². The average molecular weight is 434 g/mol. The number of rotatable bonds is 4. The van der Waals surface area contributed by atoms with Gasteiger partial charge in [0, 0.05) is 27.9 Å². The maximum absolute atomic E-state index is 12.7. The van der Waals surface area contributed by atoms with Crippen molar-refractivity contribution in [3.8, 4) is 0 Å². The van der Waals surface area contributed by atoms with E-state index in [4.69, 9.17) is 0 Å². The molecule has 0 spiro atoms. The van der Waals surface area contributed by atoms with E-state index in [1.807, 2.05) is 6.07 Å². The smallest absolute Gasteiger partial charge is 0.281 e. The van der Waals surface area contributed by atoms with E-state index in [1.165, 1.54) is 11.3 Å². The second-order valence-electron chi connectivity index (χ2n) is 4.19. The van der Waals surface area contributed by atoms with Crippen LogP contribution in [0.15, 0.2) is 40.9 Å². The Hall–Kier alpha value is -1.33. The second-order valence-corrected chi connectivity index (χ2v) is 7.90. The number of anilines is 2. The molecule has 0 amide bonds. The van der Waals surface area contributed by atoms with Gasteiger partial charge in [0.05, 0.1) is 0 Å². The Kier molecular flexibility index (Phi) is 3.80. The van der Waals surface area contributed by atoms with Gasteiger partial charge in [-0.05, 0) is 40.8 Å². The van der Waals surface area contributed by atoms with Crippen LogP contribution in [0, 0.1) is 3.57 Å². The van der Waals surface area contributed by atoms with Gasteiger partial charge in [-0.1, -0.05) is 6.07 Å². The van der Waals surface area contributed by atoms with E-state index >= 15 is 0 Å². The van der Waals surface area contributed by atoms with Gasteiger partial charge in [-0.3, -0.25) is 9.12 Å². The van der Waals surface area contributed by atoms with Crippen molar-refractivity contribution in [1.29, 1.82) is 0 Å². The lowest BCUT2D eigenvalue weighted by Crippen LogP contribution is -2.16. The Labute approximate surface area is 139 Å². The zero-order valence-corrected chi connectivity index (χ0v) is 14.7. The van der Waals surface area contributed by atoms with Crippen LogP contribution in [0.2, 0.25) is 0 Å². The highest BCUT2D eigenvalue weighted by Gasteiger charge is 2.25. The molecule has 0 radical (unpaired) electrons. The van der Waals surface area contributed by atoms with Gasteiger partial charge in [0.1, 0.15) is 0 Å². The minimum Gasteiger partial charge on any atom is -0.371 e. The van der Waals surface area contributed by atoms with E-state index in [0.717, 1.165) is 3.57 Å². The molecule has 0 fully saturated rings. The summed E-state index contributed by atoms with van der Waals surface area (Å²) in [5.41, 5.74) is 0.522. The zero-order valence-electron chi connectivity index (χ0n) is 10.9. The molecule has 2 heterocycles. The number of aromatic nitrogens is 2. The van der Waals surface area contributed by atoms with Crippen LogP contribution in [-0.4, -0.2) is 24.9 Å². The van der Waals surface area contributed by atoms with Crippen molar-refractivity contribution in [2.45, 2.75) is 5.03 Å². The van der Waals surface area contributed by atoms with Crippen molar-refractivity contribution >= 4 is 60.4 Å². The maximum atomic E-state index is 12.7. The molecule has 0 aliphatic heterocycles. The van der Waals surface area contributed by atoms with Crippen LogP contribution >= 0.6 is 33.9 Å². The largest absolute Gasteiger partial charge is 0.371 e. The lowest BCUT2D eigenvalue weighted by molar-refractivity contribution is 0.597. The number of sulfonamides is 1. The maximum Gasteiger partial charge on any atom is 0.281 e. The molecule has 21 heavy (non-hydrogen) atoms. The molecule has 6 nitrogen and oxygen atoms in total. The van der Waals surface area contributed by atoms with Gasteiger partial charge in [0.2, 0.25) is 5.03 Å². The first-order chi connectivity index (χ1) is 10.0. The predicted octanol–water partition coefficient (Wildman–Crippen LogP) is 2.84. The predicted molar refractivity (Wildman–Crippen MR) is 92.6 cm³/mol. The Morgan fingerprint density at radius 1 is 1.38 bits per heavy atom. The lowest BCUT2D eigenvalue weighted by Gasteiger charge is -2.09. The second kappa shape index (κ2) is 5.46. The van der Waals surface area contributed by atoms with Crippen LogP contribution in [0.25, 0.3) is 4.96 Å². The summed E-state index contributed by atoms with van der Waals surface area (Å²) in [6.07, 6.45) is 1.69. The van der Waals surface area contributed by atoms with Gasteiger partial charge in [-0.2, -0.15) is 8.42 Å². The quantitative estimate of drug-likeness (QED) is 0.620. The highest BCUT2D eigenvalue weighted by Crippen LogP contribution is 2.27. The Bertz CT molecular complexity index is 901. The van der Waals surface area contributed by atoms with Crippen LogP contribution in [0.3, 0.4) is 0 Å². The van der Waals surface area contributed by atoms with Crippen molar-refractivity contribution in [2.75, 3.05) is 17.1 Å². The topological polar surface area (TPSA) is 75.5 Å². The summed E-state index contributed by atoms with van der Waals surface area (Å²) < 4.78 is 30.4. The molecule has 0 saturated carbocycles. The fraction of sp³-hybridized carbons (Fsp3) is 0.0833. The number of hydrogen-bond donors (Lipinski definition) is 2. The van der Waals surface area contributed by atoms with Crippen LogP contribution in [0.5, 0.6) is 0 Å². The lowest BCUT2D eigenvalue weighted by atomic mass is 10.3. The standard InChI is InChI=1S/C12H11IN4O2S2/c1-14-10-11(17-5-6-20-12(17)15-10)21(18,19)16-9-4-2-3-8(13)7-9/h2-7,14,16H,1H3. The molecule has 0 atom stereocenters. The van der Waals surface area contributed by atoms with Crippen LogP contribution in [0.4, 0.5) is 11.5 Å². The van der Waals surface area contributed by atoms with E-state index < -0.39 is 10.0 Å². The molecule has 2 N–H and O–H groups in total. The van der Waals surface area contributed by atoms with Gasteiger partial charge in [-0.15, -0.1) is 11.3 Å². The summed E-state index contributed by atoms with van der Waals surface area (Å²) in [7, 11) is -2.09. The molecule has 1 aromatic carbocycles. The summed E-state index contributed by atoms with van der Waals surface area (Å²) in [5.74, 6) is 0.333. The summed E-state index contributed by atoms with van der Waals surface area (Å²) in [6, 6.07) is 7.18. The fourth-order valence-corrected chi connectivity index (χ4v) is 4.60. The molecule has 9 heteroatoms. The minimum absolute atomic E-state index is 0.111. The number of nitrogens with one attached hydrogen (secondary N) is 2. The average Bonchev–Trinajstić information content (AvgIpc) is 2.96. The van der Waals surface area contributed by atoms with Crippen LogP contribution in [0.1, 0.15) is 0 Å². The number of thiazole rings is 1. The van der Waals surface area contributed by atoms with Crippen molar-refractivity contribution in [3.05, 3.63) is 39.4 Å². The molecular weight excluding hydrogens is 423 g/mol. The first-order valence-electron chi connectivity index (χ1n) is 5.93. The molecule has 0 unspecified atom stereocenters. The fourth-order valence-electron chi connectivity index (χ4n) is 1.94. The van der Waals surface area contributed by atoms with E-state index in [1.54, 1.807) is 41.2 Å². The van der Waals surface area contributed by atoms with E-state index in [-0.39, 0.29) is 5.03 Å². The summed E-state index contributed by atoms with van der Waals surface area (Å²) in [6.45, 7) is 0. The molecule has 0 saturated heterocycles. The molecule has 0 bridgehead atoms. The summed E-state index contributed by atoms with van der Waals surface area (Å²) >= 11 is 3.52. The molecule has 3 aromatic rings. The van der Waals surface area contributed by atoms with Gasteiger partial charge in [0.15, 0.2) is 10.8 Å². The molecule has 0 aliphatic carbocycles.